The second-order valence-electron chi connectivity index (χ2n) is 6.83. The van der Waals surface area contributed by atoms with E-state index in [1.165, 1.54) is 44.2 Å². The van der Waals surface area contributed by atoms with Gasteiger partial charge in [0.05, 0.1) is 0 Å². The van der Waals surface area contributed by atoms with E-state index in [9.17, 15) is 4.79 Å². The monoisotopic (exact) mass is 292 g/mol. The molecule has 0 unspecified atom stereocenters. The van der Waals surface area contributed by atoms with Crippen LogP contribution in [0.4, 0.5) is 0 Å². The summed E-state index contributed by atoms with van der Waals surface area (Å²) < 4.78 is 0. The lowest BCUT2D eigenvalue weighted by atomic mass is 9.75. The van der Waals surface area contributed by atoms with Crippen LogP contribution in [-0.4, -0.2) is 5.78 Å². The first-order valence-corrected chi connectivity index (χ1v) is 7.95. The Balaban J connectivity index is 2.78. The standard InChI is InChI=1S/C21H24O/c1-9-11(3)17-13(5)10(2)14(6)19-20(17)18(12(9)4)15(7)16(8)21(19)22/h1-8H3. The highest BCUT2D eigenvalue weighted by molar-refractivity contribution is 6.26. The summed E-state index contributed by atoms with van der Waals surface area (Å²) in [4.78, 5) is 12.9. The zero-order chi connectivity index (χ0) is 16.5. The van der Waals surface area contributed by atoms with E-state index in [1.807, 2.05) is 6.92 Å². The molecule has 1 nitrogen and oxygen atoms in total. The molecule has 3 rings (SSSR count). The Hall–Kier alpha value is -1.89. The molecule has 0 atom stereocenters. The van der Waals surface area contributed by atoms with Crippen molar-refractivity contribution in [1.82, 2.24) is 0 Å². The lowest BCUT2D eigenvalue weighted by Crippen LogP contribution is -2.15. The van der Waals surface area contributed by atoms with Gasteiger partial charge >= 0.3 is 0 Å². The second-order valence-corrected chi connectivity index (χ2v) is 6.83. The number of benzene rings is 2. The smallest absolute Gasteiger partial charge is 0.189 e. The molecule has 2 aromatic carbocycles. The van der Waals surface area contributed by atoms with Crippen molar-refractivity contribution >= 4 is 22.1 Å². The van der Waals surface area contributed by atoms with Crippen LogP contribution in [0.5, 0.6) is 0 Å². The second kappa shape index (κ2) is 4.55. The van der Waals surface area contributed by atoms with Gasteiger partial charge in [0, 0.05) is 16.5 Å². The quantitative estimate of drug-likeness (QED) is 0.610. The molecule has 1 heteroatoms. The van der Waals surface area contributed by atoms with Crippen LogP contribution < -0.4 is 0 Å². The van der Waals surface area contributed by atoms with Gasteiger partial charge in [-0.15, -0.1) is 0 Å². The summed E-state index contributed by atoms with van der Waals surface area (Å²) in [6, 6.07) is 0. The third-order valence-corrected chi connectivity index (χ3v) is 6.01. The molecule has 0 saturated heterocycles. The van der Waals surface area contributed by atoms with Crippen LogP contribution >= 0.6 is 0 Å². The van der Waals surface area contributed by atoms with Gasteiger partial charge in [0.1, 0.15) is 0 Å². The van der Waals surface area contributed by atoms with Crippen molar-refractivity contribution in [2.45, 2.75) is 55.4 Å². The molecule has 0 bridgehead atoms. The number of carbonyl (C=O) groups excluding carboxylic acids is 1. The Kier molecular flexibility index (Phi) is 3.11. The SMILES string of the molecule is CC1=C(C)c2c(C)c(C)c(C)c3c(C)c(C)c(C)c(c23)C1=O. The largest absolute Gasteiger partial charge is 0.289 e. The third-order valence-electron chi connectivity index (χ3n) is 6.01. The van der Waals surface area contributed by atoms with Crippen molar-refractivity contribution in [3.05, 3.63) is 50.1 Å². The van der Waals surface area contributed by atoms with Crippen LogP contribution in [0.3, 0.4) is 0 Å². The summed E-state index contributed by atoms with van der Waals surface area (Å²) in [6.07, 6.45) is 0. The molecule has 0 spiro atoms. The molecule has 0 heterocycles. The topological polar surface area (TPSA) is 17.1 Å². The molecule has 0 aliphatic heterocycles. The first-order chi connectivity index (χ1) is 10.2. The fourth-order valence-electron chi connectivity index (χ4n) is 4.02. The summed E-state index contributed by atoms with van der Waals surface area (Å²) in [5.74, 6) is 0.207. The van der Waals surface area contributed by atoms with Crippen LogP contribution in [0.15, 0.2) is 5.57 Å². The zero-order valence-corrected chi connectivity index (χ0v) is 14.9. The van der Waals surface area contributed by atoms with Gasteiger partial charge in [-0.1, -0.05) is 0 Å². The molecule has 114 valence electrons. The summed E-state index contributed by atoms with van der Waals surface area (Å²) >= 11 is 0. The van der Waals surface area contributed by atoms with Crippen LogP contribution in [0.2, 0.25) is 0 Å². The highest BCUT2D eigenvalue weighted by Gasteiger charge is 2.29. The minimum atomic E-state index is 0.207. The van der Waals surface area contributed by atoms with Crippen molar-refractivity contribution in [1.29, 1.82) is 0 Å². The number of carbonyl (C=O) groups is 1. The van der Waals surface area contributed by atoms with Crippen LogP contribution in [0.1, 0.15) is 63.1 Å². The van der Waals surface area contributed by atoms with E-state index in [0.717, 1.165) is 22.3 Å². The average molecular weight is 292 g/mol. The zero-order valence-electron chi connectivity index (χ0n) is 14.9. The van der Waals surface area contributed by atoms with Crippen LogP contribution in [0.25, 0.3) is 16.3 Å². The average Bonchev–Trinajstić information content (AvgIpc) is 2.48. The van der Waals surface area contributed by atoms with Gasteiger partial charge in [0.25, 0.3) is 0 Å². The molecule has 0 N–H and O–H groups in total. The van der Waals surface area contributed by atoms with E-state index in [4.69, 9.17) is 0 Å². The minimum absolute atomic E-state index is 0.207. The van der Waals surface area contributed by atoms with Crippen LogP contribution in [-0.2, 0) is 0 Å². The van der Waals surface area contributed by atoms with E-state index in [2.05, 4.69) is 48.5 Å². The predicted molar refractivity (Wildman–Crippen MR) is 95.0 cm³/mol. The number of hydrogen-bond acceptors (Lipinski definition) is 1. The summed E-state index contributed by atoms with van der Waals surface area (Å²) in [7, 11) is 0. The third kappa shape index (κ3) is 1.57. The first-order valence-electron chi connectivity index (χ1n) is 7.95. The molecule has 2 aromatic rings. The Morgan fingerprint density at radius 3 is 1.41 bits per heavy atom. The van der Waals surface area contributed by atoms with E-state index >= 15 is 0 Å². The summed E-state index contributed by atoms with van der Waals surface area (Å²) in [6.45, 7) is 17.1. The van der Waals surface area contributed by atoms with Gasteiger partial charge in [0.15, 0.2) is 5.78 Å². The lowest BCUT2D eigenvalue weighted by molar-refractivity contribution is 0.103. The van der Waals surface area contributed by atoms with E-state index in [0.29, 0.717) is 0 Å². The molecular formula is C21H24O. The van der Waals surface area contributed by atoms with Gasteiger partial charge in [-0.2, -0.15) is 0 Å². The molecule has 0 saturated carbocycles. The first kappa shape index (κ1) is 15.0. The fraction of sp³-hybridized carbons (Fsp3) is 0.381. The van der Waals surface area contributed by atoms with E-state index < -0.39 is 0 Å². The van der Waals surface area contributed by atoms with Crippen LogP contribution in [0, 0.1) is 41.5 Å². The maximum absolute atomic E-state index is 12.9. The molecular weight excluding hydrogens is 268 g/mol. The van der Waals surface area contributed by atoms with Gasteiger partial charge in [0.2, 0.25) is 0 Å². The maximum Gasteiger partial charge on any atom is 0.189 e. The molecule has 0 fully saturated rings. The predicted octanol–water partition coefficient (Wildman–Crippen LogP) is 5.68. The van der Waals surface area contributed by atoms with E-state index in [1.54, 1.807) is 0 Å². The van der Waals surface area contributed by atoms with Gasteiger partial charge in [-0.25, -0.2) is 0 Å². The number of allylic oxidation sites excluding steroid dienone is 2. The highest BCUT2D eigenvalue weighted by Crippen LogP contribution is 2.44. The Labute approximate surface area is 133 Å². The highest BCUT2D eigenvalue weighted by atomic mass is 16.1. The van der Waals surface area contributed by atoms with Gasteiger partial charge in [-0.3, -0.25) is 4.79 Å². The van der Waals surface area contributed by atoms with E-state index in [-0.39, 0.29) is 5.78 Å². The molecule has 1 aliphatic carbocycles. The number of rotatable bonds is 0. The van der Waals surface area contributed by atoms with Crippen molar-refractivity contribution in [2.75, 3.05) is 0 Å². The summed E-state index contributed by atoms with van der Waals surface area (Å²) in [5.41, 5.74) is 12.0. The molecule has 0 aromatic heterocycles. The number of aryl methyl sites for hydroxylation is 2. The van der Waals surface area contributed by atoms with Gasteiger partial charge < -0.3 is 0 Å². The minimum Gasteiger partial charge on any atom is -0.289 e. The molecule has 0 radical (unpaired) electrons. The number of Topliss-reactive ketones (excluding diaryl/α,β-unsaturated/α-hetero) is 1. The Morgan fingerprint density at radius 2 is 0.909 bits per heavy atom. The number of ketones is 1. The maximum atomic E-state index is 12.9. The van der Waals surface area contributed by atoms with Gasteiger partial charge in [-0.05, 0) is 105 Å². The Morgan fingerprint density at radius 1 is 0.455 bits per heavy atom. The lowest BCUT2D eigenvalue weighted by Gasteiger charge is -2.28. The normalized spacial score (nSPS) is 14.3. The van der Waals surface area contributed by atoms with Crippen molar-refractivity contribution in [3.63, 3.8) is 0 Å². The number of hydrogen-bond donors (Lipinski definition) is 0. The molecule has 1 aliphatic rings. The molecule has 0 amide bonds. The van der Waals surface area contributed by atoms with Crippen molar-refractivity contribution in [2.24, 2.45) is 0 Å². The van der Waals surface area contributed by atoms with Crippen molar-refractivity contribution < 1.29 is 4.79 Å². The Bertz CT molecular complexity index is 900. The summed E-state index contributed by atoms with van der Waals surface area (Å²) in [5, 5.41) is 2.48. The fourth-order valence-corrected chi connectivity index (χ4v) is 4.02. The van der Waals surface area contributed by atoms with Crippen molar-refractivity contribution in [3.8, 4) is 0 Å². The molecule has 22 heavy (non-hydrogen) atoms.